The lowest BCUT2D eigenvalue weighted by atomic mass is 10.2. The second kappa shape index (κ2) is 5.46. The maximum atomic E-state index is 10.5. The van der Waals surface area contributed by atoms with Crippen LogP contribution in [-0.4, -0.2) is 17.1 Å². The van der Waals surface area contributed by atoms with Gasteiger partial charge in [0.25, 0.3) is 0 Å². The van der Waals surface area contributed by atoms with E-state index in [0.717, 1.165) is 5.56 Å². The Balaban J connectivity index is 2.41. The molecule has 0 aliphatic carbocycles. The molecule has 0 aliphatic rings. The van der Waals surface area contributed by atoms with Crippen molar-refractivity contribution in [3.05, 3.63) is 46.0 Å². The molecule has 0 unspecified atom stereocenters. The van der Waals surface area contributed by atoms with Gasteiger partial charge >= 0.3 is 0 Å². The van der Waals surface area contributed by atoms with E-state index in [2.05, 4.69) is 0 Å². The minimum Gasteiger partial charge on any atom is -0.367 e. The average Bonchev–Trinajstić information content (AvgIpc) is 2.26. The van der Waals surface area contributed by atoms with Crippen molar-refractivity contribution in [3.8, 4) is 0 Å². The minimum atomic E-state index is -0.672. The summed E-state index contributed by atoms with van der Waals surface area (Å²) < 4.78 is 5.41. The quantitative estimate of drug-likeness (QED) is 0.552. The number of benzene rings is 1. The van der Waals surface area contributed by atoms with Crippen LogP contribution in [0, 0.1) is 10.1 Å². The summed E-state index contributed by atoms with van der Waals surface area (Å²) in [7, 11) is 0. The van der Waals surface area contributed by atoms with Gasteiger partial charge in [0.1, 0.15) is 6.10 Å². The fraction of sp³-hybridized carbons (Fsp3) is 0.455. The van der Waals surface area contributed by atoms with Crippen molar-refractivity contribution < 1.29 is 9.66 Å². The minimum absolute atomic E-state index is 0.324. The summed E-state index contributed by atoms with van der Waals surface area (Å²) in [5, 5.41) is 10.5. The molecule has 1 aromatic rings. The van der Waals surface area contributed by atoms with Crippen LogP contribution in [0.4, 0.5) is 0 Å². The van der Waals surface area contributed by atoms with E-state index >= 15 is 0 Å². The first-order valence-electron chi connectivity index (χ1n) is 4.90. The van der Waals surface area contributed by atoms with E-state index in [1.165, 1.54) is 0 Å². The zero-order chi connectivity index (χ0) is 11.3. The van der Waals surface area contributed by atoms with Crippen molar-refractivity contribution >= 4 is 0 Å². The van der Waals surface area contributed by atoms with Crippen LogP contribution in [0.2, 0.25) is 0 Å². The molecule has 1 aromatic carbocycles. The first-order chi connectivity index (χ1) is 7.11. The van der Waals surface area contributed by atoms with Gasteiger partial charge in [-0.2, -0.15) is 0 Å². The second-order valence-electron chi connectivity index (χ2n) is 3.53. The van der Waals surface area contributed by atoms with E-state index < -0.39 is 6.04 Å². The first kappa shape index (κ1) is 11.7. The van der Waals surface area contributed by atoms with Crippen LogP contribution in [0.1, 0.15) is 19.4 Å². The van der Waals surface area contributed by atoms with Crippen LogP contribution >= 0.6 is 0 Å². The Bertz CT molecular complexity index is 313. The molecule has 0 spiro atoms. The summed E-state index contributed by atoms with van der Waals surface area (Å²) in [6, 6.07) is 8.95. The molecule has 0 amide bonds. The van der Waals surface area contributed by atoms with E-state index in [1.54, 1.807) is 13.8 Å². The molecule has 4 nitrogen and oxygen atoms in total. The first-order valence-corrected chi connectivity index (χ1v) is 4.90. The van der Waals surface area contributed by atoms with Gasteiger partial charge in [0.2, 0.25) is 6.04 Å². The van der Waals surface area contributed by atoms with Crippen LogP contribution in [0.3, 0.4) is 0 Å². The van der Waals surface area contributed by atoms with Crippen molar-refractivity contribution in [2.75, 3.05) is 0 Å². The Hall–Kier alpha value is -1.42. The van der Waals surface area contributed by atoms with Crippen LogP contribution in [0.5, 0.6) is 0 Å². The predicted molar refractivity (Wildman–Crippen MR) is 57.1 cm³/mol. The van der Waals surface area contributed by atoms with Gasteiger partial charge < -0.3 is 4.74 Å². The monoisotopic (exact) mass is 209 g/mol. The third kappa shape index (κ3) is 3.67. The second-order valence-corrected chi connectivity index (χ2v) is 3.53. The molecule has 0 N–H and O–H groups in total. The highest BCUT2D eigenvalue weighted by Gasteiger charge is 2.22. The zero-order valence-electron chi connectivity index (χ0n) is 8.92. The van der Waals surface area contributed by atoms with Gasteiger partial charge in [0.15, 0.2) is 0 Å². The Kier molecular flexibility index (Phi) is 4.24. The number of hydrogen-bond donors (Lipinski definition) is 0. The van der Waals surface area contributed by atoms with E-state index in [1.807, 2.05) is 30.3 Å². The van der Waals surface area contributed by atoms with E-state index in [9.17, 15) is 10.1 Å². The molecule has 0 saturated carbocycles. The molecule has 1 rings (SSSR count). The summed E-state index contributed by atoms with van der Waals surface area (Å²) in [6.45, 7) is 3.69. The fourth-order valence-electron chi connectivity index (χ4n) is 1.11. The molecule has 0 bridgehead atoms. The van der Waals surface area contributed by atoms with Crippen LogP contribution in [0.25, 0.3) is 0 Å². The molecular weight excluding hydrogens is 194 g/mol. The Morgan fingerprint density at radius 2 is 1.93 bits per heavy atom. The summed E-state index contributed by atoms with van der Waals surface area (Å²) in [6.07, 6.45) is -0.375. The van der Waals surface area contributed by atoms with Gasteiger partial charge in [0, 0.05) is 11.8 Å². The standard InChI is InChI=1S/C11H15NO3/c1-9(12(13)14)10(2)15-8-11-6-4-3-5-7-11/h3-7,9-10H,8H2,1-2H3/t9-,10+/m0/s1. The number of rotatable bonds is 5. The van der Waals surface area contributed by atoms with Gasteiger partial charge in [-0.3, -0.25) is 10.1 Å². The maximum Gasteiger partial charge on any atom is 0.235 e. The van der Waals surface area contributed by atoms with Gasteiger partial charge in [-0.15, -0.1) is 0 Å². The third-order valence-electron chi connectivity index (χ3n) is 2.37. The predicted octanol–water partition coefficient (Wildman–Crippen LogP) is 2.26. The fourth-order valence-corrected chi connectivity index (χ4v) is 1.11. The molecule has 0 radical (unpaired) electrons. The highest BCUT2D eigenvalue weighted by molar-refractivity contribution is 5.13. The Morgan fingerprint density at radius 1 is 1.33 bits per heavy atom. The number of ether oxygens (including phenoxy) is 1. The molecule has 82 valence electrons. The Labute approximate surface area is 89.0 Å². The van der Waals surface area contributed by atoms with Crippen molar-refractivity contribution in [2.45, 2.75) is 32.6 Å². The molecule has 15 heavy (non-hydrogen) atoms. The average molecular weight is 209 g/mol. The molecule has 0 aliphatic heterocycles. The van der Waals surface area contributed by atoms with Gasteiger partial charge in [-0.05, 0) is 12.5 Å². The van der Waals surface area contributed by atoms with E-state index in [0.29, 0.717) is 6.61 Å². The molecular formula is C11H15NO3. The van der Waals surface area contributed by atoms with Crippen molar-refractivity contribution in [3.63, 3.8) is 0 Å². The molecule has 2 atom stereocenters. The van der Waals surface area contributed by atoms with Crippen LogP contribution in [0.15, 0.2) is 30.3 Å². The zero-order valence-corrected chi connectivity index (χ0v) is 8.92. The molecule has 0 heterocycles. The van der Waals surface area contributed by atoms with Crippen molar-refractivity contribution in [1.29, 1.82) is 0 Å². The number of hydrogen-bond acceptors (Lipinski definition) is 3. The van der Waals surface area contributed by atoms with E-state index in [-0.39, 0.29) is 11.0 Å². The van der Waals surface area contributed by atoms with E-state index in [4.69, 9.17) is 4.74 Å². The smallest absolute Gasteiger partial charge is 0.235 e. The van der Waals surface area contributed by atoms with Crippen molar-refractivity contribution in [1.82, 2.24) is 0 Å². The topological polar surface area (TPSA) is 52.4 Å². The maximum absolute atomic E-state index is 10.5. The normalized spacial score (nSPS) is 14.5. The SMILES string of the molecule is C[C@@H](OCc1ccccc1)[C@H](C)[N+](=O)[O-]. The third-order valence-corrected chi connectivity index (χ3v) is 2.37. The lowest BCUT2D eigenvalue weighted by Crippen LogP contribution is -2.30. The summed E-state index contributed by atoms with van der Waals surface area (Å²) in [5.41, 5.74) is 1.03. The molecule has 0 aromatic heterocycles. The highest BCUT2D eigenvalue weighted by atomic mass is 16.6. The lowest BCUT2D eigenvalue weighted by Gasteiger charge is -2.14. The lowest BCUT2D eigenvalue weighted by molar-refractivity contribution is -0.530. The van der Waals surface area contributed by atoms with Crippen LogP contribution < -0.4 is 0 Å². The Morgan fingerprint density at radius 3 is 2.47 bits per heavy atom. The molecule has 0 fully saturated rings. The number of nitrogens with zero attached hydrogens (tertiary/aromatic N) is 1. The van der Waals surface area contributed by atoms with Gasteiger partial charge in [-0.25, -0.2) is 0 Å². The summed E-state index contributed by atoms with van der Waals surface area (Å²) in [5.74, 6) is 0. The largest absolute Gasteiger partial charge is 0.367 e. The summed E-state index contributed by atoms with van der Waals surface area (Å²) in [4.78, 5) is 10.2. The van der Waals surface area contributed by atoms with Crippen molar-refractivity contribution in [2.24, 2.45) is 0 Å². The van der Waals surface area contributed by atoms with Crippen LogP contribution in [-0.2, 0) is 11.3 Å². The molecule has 0 saturated heterocycles. The molecule has 4 heteroatoms. The highest BCUT2D eigenvalue weighted by Crippen LogP contribution is 2.07. The number of nitro groups is 1. The summed E-state index contributed by atoms with van der Waals surface area (Å²) >= 11 is 0. The van der Waals surface area contributed by atoms with Gasteiger partial charge in [0.05, 0.1) is 6.61 Å². The van der Waals surface area contributed by atoms with Gasteiger partial charge in [-0.1, -0.05) is 30.3 Å².